The molecule has 7 heteroatoms. The molecule has 0 aromatic heterocycles. The lowest BCUT2D eigenvalue weighted by Gasteiger charge is -2.26. The van der Waals surface area contributed by atoms with Gasteiger partial charge in [0.2, 0.25) is 0 Å². The Morgan fingerprint density at radius 2 is 1.96 bits per heavy atom. The maximum absolute atomic E-state index is 12.6. The Kier molecular flexibility index (Phi) is 5.55. The summed E-state index contributed by atoms with van der Waals surface area (Å²) in [5.41, 5.74) is 0.580. The van der Waals surface area contributed by atoms with Crippen LogP contribution in [0.2, 0.25) is 0 Å². The van der Waals surface area contributed by atoms with Crippen molar-refractivity contribution < 1.29 is 27.7 Å². The summed E-state index contributed by atoms with van der Waals surface area (Å²) in [6.45, 7) is -1.66. The Labute approximate surface area is 144 Å². The van der Waals surface area contributed by atoms with E-state index in [4.69, 9.17) is 14.2 Å². The number of fused-ring (bicyclic) bond motifs is 1. The summed E-state index contributed by atoms with van der Waals surface area (Å²) in [5, 5.41) is 3.18. The molecule has 5 nitrogen and oxygen atoms in total. The maximum Gasteiger partial charge on any atom is 0.387 e. The molecule has 0 saturated heterocycles. The first-order valence-corrected chi connectivity index (χ1v) is 7.87. The molecule has 0 amide bonds. The number of hydrogen-bond donors (Lipinski definition) is 1. The summed E-state index contributed by atoms with van der Waals surface area (Å²) >= 11 is 0. The van der Waals surface area contributed by atoms with Crippen LogP contribution in [0.25, 0.3) is 0 Å². The topological polar surface area (TPSA) is 49.0 Å². The number of halogens is 2. The second-order valence-corrected chi connectivity index (χ2v) is 5.46. The predicted octanol–water partition coefficient (Wildman–Crippen LogP) is 3.23. The minimum atomic E-state index is -2.92. The molecular weight excluding hydrogens is 332 g/mol. The molecular formula is C18H19F2NO4. The zero-order valence-electron chi connectivity index (χ0n) is 13.7. The van der Waals surface area contributed by atoms with Crippen molar-refractivity contribution in [2.45, 2.75) is 19.3 Å². The van der Waals surface area contributed by atoms with Crippen LogP contribution in [-0.4, -0.2) is 33.0 Å². The Morgan fingerprint density at radius 3 is 2.72 bits per heavy atom. The number of alkyl halides is 2. The molecule has 1 heterocycles. The van der Waals surface area contributed by atoms with E-state index < -0.39 is 6.61 Å². The number of ether oxygens (including phenoxy) is 4. The van der Waals surface area contributed by atoms with Gasteiger partial charge in [0, 0.05) is 18.7 Å². The Balaban J connectivity index is 1.59. The fourth-order valence-electron chi connectivity index (χ4n) is 2.62. The van der Waals surface area contributed by atoms with E-state index in [1.165, 1.54) is 7.11 Å². The summed E-state index contributed by atoms with van der Waals surface area (Å²) in [4.78, 5) is 0. The Hall–Kier alpha value is -2.54. The molecule has 0 saturated carbocycles. The largest absolute Gasteiger partial charge is 0.493 e. The van der Waals surface area contributed by atoms with Crippen molar-refractivity contribution in [3.05, 3.63) is 48.0 Å². The van der Waals surface area contributed by atoms with Crippen LogP contribution in [0.5, 0.6) is 23.0 Å². The zero-order chi connectivity index (χ0) is 17.6. The van der Waals surface area contributed by atoms with Crippen LogP contribution in [0, 0.1) is 0 Å². The van der Waals surface area contributed by atoms with Crippen molar-refractivity contribution >= 4 is 0 Å². The van der Waals surface area contributed by atoms with Gasteiger partial charge in [0.25, 0.3) is 0 Å². The van der Waals surface area contributed by atoms with Crippen molar-refractivity contribution in [1.82, 2.24) is 5.32 Å². The molecule has 134 valence electrons. The van der Waals surface area contributed by atoms with E-state index in [1.54, 1.807) is 18.2 Å². The molecule has 0 spiro atoms. The molecule has 1 aliphatic heterocycles. The zero-order valence-corrected chi connectivity index (χ0v) is 13.7. The maximum atomic E-state index is 12.6. The first kappa shape index (κ1) is 17.3. The van der Waals surface area contributed by atoms with Gasteiger partial charge >= 0.3 is 6.61 Å². The van der Waals surface area contributed by atoms with E-state index in [0.29, 0.717) is 31.0 Å². The van der Waals surface area contributed by atoms with Crippen molar-refractivity contribution in [2.75, 3.05) is 20.3 Å². The van der Waals surface area contributed by atoms with Gasteiger partial charge in [-0.25, -0.2) is 0 Å². The number of para-hydroxylation sites is 3. The second-order valence-electron chi connectivity index (χ2n) is 5.46. The molecule has 1 aliphatic rings. The van der Waals surface area contributed by atoms with Crippen LogP contribution < -0.4 is 24.3 Å². The predicted molar refractivity (Wildman–Crippen MR) is 87.7 cm³/mol. The fraction of sp³-hybridized carbons (Fsp3) is 0.333. The van der Waals surface area contributed by atoms with Gasteiger partial charge in [-0.1, -0.05) is 24.3 Å². The van der Waals surface area contributed by atoms with E-state index in [2.05, 4.69) is 10.1 Å². The molecule has 1 atom stereocenters. The monoisotopic (exact) mass is 351 g/mol. The van der Waals surface area contributed by atoms with Gasteiger partial charge in [-0.05, 0) is 18.2 Å². The summed E-state index contributed by atoms with van der Waals surface area (Å²) in [6.07, 6.45) is -0.167. The number of nitrogens with one attached hydrogen (secondary N) is 1. The SMILES string of the molecule is COc1cccc(CNC[C@@H]2COc3ccccc3O2)c1OC(F)F. The summed E-state index contributed by atoms with van der Waals surface area (Å²) in [7, 11) is 1.41. The van der Waals surface area contributed by atoms with E-state index in [-0.39, 0.29) is 17.6 Å². The minimum absolute atomic E-state index is 0.0404. The van der Waals surface area contributed by atoms with Gasteiger partial charge in [0.05, 0.1) is 7.11 Å². The summed E-state index contributed by atoms with van der Waals surface area (Å²) in [6, 6.07) is 12.5. The normalized spacial score (nSPS) is 15.9. The average Bonchev–Trinajstić information content (AvgIpc) is 2.62. The molecule has 2 aromatic rings. The highest BCUT2D eigenvalue weighted by Gasteiger charge is 2.21. The molecule has 0 bridgehead atoms. The van der Waals surface area contributed by atoms with E-state index >= 15 is 0 Å². The van der Waals surface area contributed by atoms with Crippen LogP contribution in [0.4, 0.5) is 8.78 Å². The average molecular weight is 351 g/mol. The molecule has 1 N–H and O–H groups in total. The smallest absolute Gasteiger partial charge is 0.387 e. The Morgan fingerprint density at radius 1 is 1.16 bits per heavy atom. The standard InChI is InChI=1S/C18H19F2NO4/c1-22-16-8-4-5-12(17(16)25-18(19)20)9-21-10-13-11-23-14-6-2-3-7-15(14)24-13/h2-8,13,18,21H,9-11H2,1H3/t13-/m1/s1. The third-order valence-electron chi connectivity index (χ3n) is 3.74. The molecule has 2 aromatic carbocycles. The van der Waals surface area contributed by atoms with E-state index in [1.807, 2.05) is 24.3 Å². The minimum Gasteiger partial charge on any atom is -0.493 e. The van der Waals surface area contributed by atoms with Gasteiger partial charge in [-0.15, -0.1) is 0 Å². The van der Waals surface area contributed by atoms with Gasteiger partial charge in [-0.3, -0.25) is 0 Å². The van der Waals surface area contributed by atoms with E-state index in [9.17, 15) is 8.78 Å². The van der Waals surface area contributed by atoms with Crippen molar-refractivity contribution in [3.63, 3.8) is 0 Å². The molecule has 3 rings (SSSR count). The van der Waals surface area contributed by atoms with Crippen LogP contribution in [0.15, 0.2) is 42.5 Å². The molecule has 0 radical (unpaired) electrons. The lowest BCUT2D eigenvalue weighted by atomic mass is 10.1. The number of methoxy groups -OCH3 is 1. The lowest BCUT2D eigenvalue weighted by molar-refractivity contribution is -0.0519. The third-order valence-corrected chi connectivity index (χ3v) is 3.74. The molecule has 25 heavy (non-hydrogen) atoms. The summed E-state index contributed by atoms with van der Waals surface area (Å²) in [5.74, 6) is 1.73. The highest BCUT2D eigenvalue weighted by atomic mass is 19.3. The van der Waals surface area contributed by atoms with Crippen molar-refractivity contribution in [3.8, 4) is 23.0 Å². The lowest BCUT2D eigenvalue weighted by Crippen LogP contribution is -2.38. The Bertz CT molecular complexity index is 711. The van der Waals surface area contributed by atoms with Crippen molar-refractivity contribution in [2.24, 2.45) is 0 Å². The fourth-order valence-corrected chi connectivity index (χ4v) is 2.62. The quantitative estimate of drug-likeness (QED) is 0.830. The highest BCUT2D eigenvalue weighted by Crippen LogP contribution is 2.33. The molecule has 0 aliphatic carbocycles. The van der Waals surface area contributed by atoms with Crippen LogP contribution in [0.3, 0.4) is 0 Å². The van der Waals surface area contributed by atoms with Gasteiger partial charge in [0.1, 0.15) is 12.7 Å². The van der Waals surface area contributed by atoms with Crippen LogP contribution in [-0.2, 0) is 6.54 Å². The van der Waals surface area contributed by atoms with Crippen LogP contribution >= 0.6 is 0 Å². The third kappa shape index (κ3) is 4.30. The number of hydrogen-bond acceptors (Lipinski definition) is 5. The van der Waals surface area contributed by atoms with Gasteiger partial charge < -0.3 is 24.3 Å². The number of rotatable bonds is 7. The van der Waals surface area contributed by atoms with Crippen LogP contribution in [0.1, 0.15) is 5.56 Å². The first-order valence-electron chi connectivity index (χ1n) is 7.87. The molecule has 0 unspecified atom stereocenters. The summed E-state index contributed by atoms with van der Waals surface area (Å²) < 4.78 is 46.5. The second kappa shape index (κ2) is 8.02. The number of benzene rings is 2. The van der Waals surface area contributed by atoms with Gasteiger partial charge in [0.15, 0.2) is 23.0 Å². The molecule has 0 fully saturated rings. The first-order chi connectivity index (χ1) is 12.2. The van der Waals surface area contributed by atoms with E-state index in [0.717, 1.165) is 5.75 Å². The van der Waals surface area contributed by atoms with Gasteiger partial charge in [-0.2, -0.15) is 8.78 Å². The van der Waals surface area contributed by atoms with Crippen molar-refractivity contribution in [1.29, 1.82) is 0 Å². The highest BCUT2D eigenvalue weighted by molar-refractivity contribution is 5.46.